The monoisotopic (exact) mass is 216 g/mol. The van der Waals surface area contributed by atoms with Gasteiger partial charge in [-0.05, 0) is 36.5 Å². The highest BCUT2D eigenvalue weighted by molar-refractivity contribution is 8.18. The first-order valence-corrected chi connectivity index (χ1v) is 6.57. The lowest BCUT2D eigenvalue weighted by Crippen LogP contribution is -1.96. The van der Waals surface area contributed by atoms with Crippen LogP contribution in [0.25, 0.3) is 6.08 Å². The van der Waals surface area contributed by atoms with Crippen LogP contribution in [0.1, 0.15) is 11.5 Å². The molecule has 0 fully saturated rings. The second-order valence-electron chi connectivity index (χ2n) is 2.57. The predicted octanol–water partition coefficient (Wildman–Crippen LogP) is 2.63. The maximum absolute atomic E-state index is 11.2. The molecule has 1 aromatic heterocycles. The van der Waals surface area contributed by atoms with Gasteiger partial charge in [0.05, 0.1) is 0 Å². The molecular formula is C9H12O2S2. The second-order valence-corrected chi connectivity index (χ2v) is 5.02. The van der Waals surface area contributed by atoms with E-state index < -0.39 is 11.2 Å². The second kappa shape index (κ2) is 4.79. The van der Waals surface area contributed by atoms with Gasteiger partial charge in [-0.15, -0.1) is 0 Å². The molecule has 0 bridgehead atoms. The Morgan fingerprint density at radius 3 is 2.69 bits per heavy atom. The Labute approximate surface area is 85.6 Å². The molecule has 13 heavy (non-hydrogen) atoms. The van der Waals surface area contributed by atoms with Crippen LogP contribution in [0.4, 0.5) is 0 Å². The number of aryl methyl sites for hydroxylation is 1. The van der Waals surface area contributed by atoms with E-state index in [1.807, 2.05) is 31.4 Å². The van der Waals surface area contributed by atoms with Crippen molar-refractivity contribution in [2.75, 3.05) is 12.5 Å². The number of thioether (sulfide) groups is 1. The molecule has 0 saturated heterocycles. The fraction of sp³-hybridized carbons (Fsp3) is 0.333. The Bertz CT molecular complexity index is 302. The molecule has 0 aliphatic carbocycles. The van der Waals surface area contributed by atoms with Gasteiger partial charge in [-0.25, -0.2) is 0 Å². The number of rotatable bonds is 3. The van der Waals surface area contributed by atoms with Gasteiger partial charge < -0.3 is 8.97 Å². The minimum absolute atomic E-state index is 0.761. The topological polar surface area (TPSA) is 36.2 Å². The van der Waals surface area contributed by atoms with Crippen molar-refractivity contribution in [1.82, 2.24) is 0 Å². The summed E-state index contributed by atoms with van der Waals surface area (Å²) in [7, 11) is 0. The van der Waals surface area contributed by atoms with Crippen LogP contribution in [0, 0.1) is 6.92 Å². The molecule has 1 heterocycles. The molecular weight excluding hydrogens is 204 g/mol. The molecule has 0 aliphatic heterocycles. The third kappa shape index (κ3) is 3.14. The van der Waals surface area contributed by atoms with E-state index in [1.165, 1.54) is 11.8 Å². The summed E-state index contributed by atoms with van der Waals surface area (Å²) in [5.41, 5.74) is 0. The smallest absolute Gasteiger partial charge is 0.189 e. The van der Waals surface area contributed by atoms with Gasteiger partial charge in [0.2, 0.25) is 0 Å². The lowest BCUT2D eigenvalue weighted by atomic mass is 10.4. The Morgan fingerprint density at radius 1 is 1.62 bits per heavy atom. The molecule has 1 rings (SSSR count). The zero-order chi connectivity index (χ0) is 9.84. The van der Waals surface area contributed by atoms with E-state index in [0.717, 1.165) is 15.8 Å². The maximum Gasteiger partial charge on any atom is 0.189 e. The van der Waals surface area contributed by atoms with E-state index in [1.54, 1.807) is 6.26 Å². The van der Waals surface area contributed by atoms with Crippen molar-refractivity contribution in [3.63, 3.8) is 0 Å². The van der Waals surface area contributed by atoms with Crippen LogP contribution in [-0.4, -0.2) is 17.1 Å². The van der Waals surface area contributed by atoms with Crippen LogP contribution in [0.3, 0.4) is 0 Å². The first kappa shape index (κ1) is 10.8. The van der Waals surface area contributed by atoms with Crippen molar-refractivity contribution in [2.45, 2.75) is 6.92 Å². The summed E-state index contributed by atoms with van der Waals surface area (Å²) in [4.78, 5) is 0. The SMILES string of the molecule is CSC(=Cc1ccc(C)o1)[S+](C)[O-]. The van der Waals surface area contributed by atoms with E-state index in [4.69, 9.17) is 4.42 Å². The van der Waals surface area contributed by atoms with Crippen molar-refractivity contribution in [3.8, 4) is 0 Å². The van der Waals surface area contributed by atoms with Crippen LogP contribution < -0.4 is 0 Å². The minimum atomic E-state index is -0.931. The van der Waals surface area contributed by atoms with Crippen LogP contribution in [-0.2, 0) is 11.2 Å². The number of furan rings is 1. The Kier molecular flexibility index (Phi) is 3.96. The Morgan fingerprint density at radius 2 is 2.31 bits per heavy atom. The summed E-state index contributed by atoms with van der Waals surface area (Å²) in [6.07, 6.45) is 5.38. The number of hydrogen-bond acceptors (Lipinski definition) is 3. The Balaban J connectivity index is 2.84. The average molecular weight is 216 g/mol. The molecule has 1 aromatic rings. The van der Waals surface area contributed by atoms with E-state index >= 15 is 0 Å². The number of hydrogen-bond donors (Lipinski definition) is 0. The van der Waals surface area contributed by atoms with E-state index in [9.17, 15) is 4.55 Å². The van der Waals surface area contributed by atoms with Crippen LogP contribution >= 0.6 is 11.8 Å². The normalized spacial score (nSPS) is 14.6. The summed E-state index contributed by atoms with van der Waals surface area (Å²) in [5.74, 6) is 1.63. The molecule has 1 atom stereocenters. The largest absolute Gasteiger partial charge is 0.611 e. The van der Waals surface area contributed by atoms with Crippen molar-refractivity contribution >= 4 is 29.0 Å². The van der Waals surface area contributed by atoms with Gasteiger partial charge in [0.1, 0.15) is 17.8 Å². The third-order valence-electron chi connectivity index (χ3n) is 1.51. The predicted molar refractivity (Wildman–Crippen MR) is 59.0 cm³/mol. The molecule has 1 unspecified atom stereocenters. The van der Waals surface area contributed by atoms with Gasteiger partial charge >= 0.3 is 0 Å². The van der Waals surface area contributed by atoms with Crippen LogP contribution in [0.15, 0.2) is 20.8 Å². The molecule has 0 aromatic carbocycles. The highest BCUT2D eigenvalue weighted by Crippen LogP contribution is 2.22. The van der Waals surface area contributed by atoms with Gasteiger partial charge in [0.15, 0.2) is 4.24 Å². The van der Waals surface area contributed by atoms with Gasteiger partial charge in [-0.3, -0.25) is 0 Å². The quantitative estimate of drug-likeness (QED) is 0.729. The summed E-state index contributed by atoms with van der Waals surface area (Å²) in [6, 6.07) is 3.76. The van der Waals surface area contributed by atoms with Gasteiger partial charge in [0, 0.05) is 6.08 Å². The summed E-state index contributed by atoms with van der Waals surface area (Å²) < 4.78 is 17.3. The minimum Gasteiger partial charge on any atom is -0.611 e. The van der Waals surface area contributed by atoms with Crippen molar-refractivity contribution in [2.24, 2.45) is 0 Å². The lowest BCUT2D eigenvalue weighted by molar-refractivity contribution is 0.525. The van der Waals surface area contributed by atoms with Crippen molar-refractivity contribution in [1.29, 1.82) is 0 Å². The zero-order valence-corrected chi connectivity index (χ0v) is 9.50. The molecule has 0 aliphatic rings. The molecule has 0 amide bonds. The van der Waals surface area contributed by atoms with E-state index in [2.05, 4.69) is 0 Å². The molecule has 0 N–H and O–H groups in total. The third-order valence-corrected chi connectivity index (χ3v) is 3.91. The average Bonchev–Trinajstić information content (AvgIpc) is 2.46. The van der Waals surface area contributed by atoms with Gasteiger partial charge in [-0.2, -0.15) is 0 Å². The molecule has 0 radical (unpaired) electrons. The highest BCUT2D eigenvalue weighted by Gasteiger charge is 2.08. The summed E-state index contributed by atoms with van der Waals surface area (Å²) in [6.45, 7) is 1.89. The molecule has 4 heteroatoms. The highest BCUT2D eigenvalue weighted by atomic mass is 32.3. The van der Waals surface area contributed by atoms with Crippen molar-refractivity contribution < 1.29 is 8.97 Å². The van der Waals surface area contributed by atoms with Gasteiger partial charge in [-0.1, -0.05) is 11.8 Å². The standard InChI is InChI=1S/C9H12O2S2/c1-7-4-5-8(11-7)6-9(12-2)13(3)10/h4-6H,1-3H3. The summed E-state index contributed by atoms with van der Waals surface area (Å²) in [5, 5.41) is 0. The first-order chi connectivity index (χ1) is 6.13. The zero-order valence-electron chi connectivity index (χ0n) is 7.87. The Hall–Kier alpha value is -0.320. The molecule has 72 valence electrons. The lowest BCUT2D eigenvalue weighted by Gasteiger charge is -2.04. The van der Waals surface area contributed by atoms with Crippen LogP contribution in [0.2, 0.25) is 0 Å². The van der Waals surface area contributed by atoms with E-state index in [-0.39, 0.29) is 0 Å². The fourth-order valence-corrected chi connectivity index (χ4v) is 2.36. The van der Waals surface area contributed by atoms with Crippen LogP contribution in [0.5, 0.6) is 0 Å². The maximum atomic E-state index is 11.2. The molecule has 2 nitrogen and oxygen atoms in total. The molecule has 0 saturated carbocycles. The first-order valence-electron chi connectivity index (χ1n) is 3.79. The fourth-order valence-electron chi connectivity index (χ4n) is 0.906. The summed E-state index contributed by atoms with van der Waals surface area (Å²) >= 11 is 0.553. The van der Waals surface area contributed by atoms with E-state index in [0.29, 0.717) is 0 Å². The van der Waals surface area contributed by atoms with Crippen molar-refractivity contribution in [3.05, 3.63) is 27.9 Å². The molecule has 0 spiro atoms. The van der Waals surface area contributed by atoms with Gasteiger partial charge in [0.25, 0.3) is 0 Å².